The van der Waals surface area contributed by atoms with E-state index in [0.717, 1.165) is 18.9 Å². The minimum Gasteiger partial charge on any atom is -0.381 e. The lowest BCUT2D eigenvalue weighted by molar-refractivity contribution is 0.0251. The van der Waals surface area contributed by atoms with Gasteiger partial charge in [-0.2, -0.15) is 5.10 Å². The minimum atomic E-state index is -0.198. The van der Waals surface area contributed by atoms with Gasteiger partial charge in [0.05, 0.1) is 11.4 Å². The van der Waals surface area contributed by atoms with E-state index in [0.29, 0.717) is 17.9 Å². The van der Waals surface area contributed by atoms with Crippen molar-refractivity contribution in [3.8, 4) is 5.69 Å². The van der Waals surface area contributed by atoms with Crippen LogP contribution in [0.15, 0.2) is 30.5 Å². The molecule has 0 bridgehead atoms. The summed E-state index contributed by atoms with van der Waals surface area (Å²) < 4.78 is 20.8. The summed E-state index contributed by atoms with van der Waals surface area (Å²) in [7, 11) is 0. The van der Waals surface area contributed by atoms with Crippen LogP contribution in [0.3, 0.4) is 0 Å². The van der Waals surface area contributed by atoms with Gasteiger partial charge in [-0.25, -0.2) is 9.07 Å². The minimum absolute atomic E-state index is 0.198. The third kappa shape index (κ3) is 3.62. The summed E-state index contributed by atoms with van der Waals surface area (Å²) in [6.07, 6.45) is 10.9. The van der Waals surface area contributed by atoms with Crippen LogP contribution >= 0.6 is 0 Å². The molecule has 4 nitrogen and oxygen atoms in total. The smallest absolute Gasteiger partial charge is 0.123 e. The summed E-state index contributed by atoms with van der Waals surface area (Å²) in [6.45, 7) is 4.20. The quantitative estimate of drug-likeness (QED) is 0.771. The molecule has 1 aliphatic carbocycles. The van der Waals surface area contributed by atoms with Gasteiger partial charge >= 0.3 is 0 Å². The standard InChI is InChI=1S/C23H30FN3O/c24-19-4-6-21(7-5-19)27-16-22(23(25-27)18-2-1-3-18)17-8-12-26(13-9-17)20-10-14-28-15-11-20/h4-7,16-18,20H,1-3,8-15H2. The van der Waals surface area contributed by atoms with E-state index in [9.17, 15) is 4.39 Å². The monoisotopic (exact) mass is 383 g/mol. The predicted molar refractivity (Wildman–Crippen MR) is 108 cm³/mol. The zero-order chi connectivity index (χ0) is 18.9. The second-order valence-electron chi connectivity index (χ2n) is 8.67. The summed E-state index contributed by atoms with van der Waals surface area (Å²) in [6, 6.07) is 7.40. The summed E-state index contributed by atoms with van der Waals surface area (Å²) in [5.74, 6) is 1.02. The molecule has 0 unspecified atom stereocenters. The Kier molecular flexibility index (Phi) is 5.20. The van der Waals surface area contributed by atoms with Crippen LogP contribution in [0, 0.1) is 5.82 Å². The van der Waals surface area contributed by atoms with Gasteiger partial charge in [0.1, 0.15) is 5.82 Å². The number of ether oxygens (including phenoxy) is 1. The number of benzene rings is 1. The van der Waals surface area contributed by atoms with Crippen LogP contribution in [0.2, 0.25) is 0 Å². The van der Waals surface area contributed by atoms with Gasteiger partial charge in [0.2, 0.25) is 0 Å². The van der Waals surface area contributed by atoms with E-state index >= 15 is 0 Å². The van der Waals surface area contributed by atoms with Gasteiger partial charge in [0.15, 0.2) is 0 Å². The maximum atomic E-state index is 13.3. The molecule has 0 atom stereocenters. The van der Waals surface area contributed by atoms with E-state index in [1.54, 1.807) is 0 Å². The zero-order valence-corrected chi connectivity index (χ0v) is 16.5. The highest BCUT2D eigenvalue weighted by molar-refractivity contribution is 5.36. The number of nitrogens with zero attached hydrogens (tertiary/aromatic N) is 3. The van der Waals surface area contributed by atoms with E-state index in [-0.39, 0.29) is 5.82 Å². The largest absolute Gasteiger partial charge is 0.381 e. The fourth-order valence-corrected chi connectivity index (χ4v) is 5.07. The van der Waals surface area contributed by atoms with Crippen LogP contribution in [0.5, 0.6) is 0 Å². The molecule has 1 aromatic heterocycles. The molecule has 5 rings (SSSR count). The third-order valence-electron chi connectivity index (χ3n) is 7.03. The Hall–Kier alpha value is -1.72. The molecule has 5 heteroatoms. The van der Waals surface area contributed by atoms with E-state index in [2.05, 4.69) is 11.1 Å². The van der Waals surface area contributed by atoms with E-state index in [1.165, 1.54) is 81.4 Å². The van der Waals surface area contributed by atoms with Crippen molar-refractivity contribution in [1.29, 1.82) is 0 Å². The molecule has 0 N–H and O–H groups in total. The maximum absolute atomic E-state index is 13.3. The van der Waals surface area contributed by atoms with E-state index < -0.39 is 0 Å². The number of rotatable bonds is 4. The molecule has 2 aromatic rings. The van der Waals surface area contributed by atoms with Crippen LogP contribution in [-0.4, -0.2) is 47.0 Å². The Morgan fingerprint density at radius 1 is 0.893 bits per heavy atom. The highest BCUT2D eigenvalue weighted by Crippen LogP contribution is 2.42. The Balaban J connectivity index is 1.34. The van der Waals surface area contributed by atoms with Crippen molar-refractivity contribution in [2.75, 3.05) is 26.3 Å². The number of piperidine rings is 1. The van der Waals surface area contributed by atoms with Crippen LogP contribution in [0.25, 0.3) is 5.69 Å². The molecule has 1 aromatic carbocycles. The lowest BCUT2D eigenvalue weighted by atomic mass is 9.78. The molecule has 150 valence electrons. The van der Waals surface area contributed by atoms with Crippen molar-refractivity contribution in [3.63, 3.8) is 0 Å². The van der Waals surface area contributed by atoms with Crippen molar-refractivity contribution >= 4 is 0 Å². The molecule has 3 fully saturated rings. The van der Waals surface area contributed by atoms with Gasteiger partial charge in [0, 0.05) is 31.4 Å². The van der Waals surface area contributed by atoms with Gasteiger partial charge < -0.3 is 9.64 Å². The summed E-state index contributed by atoms with van der Waals surface area (Å²) >= 11 is 0. The highest BCUT2D eigenvalue weighted by Gasteiger charge is 2.32. The molecule has 1 saturated carbocycles. The fraction of sp³-hybridized carbons (Fsp3) is 0.609. The second-order valence-corrected chi connectivity index (χ2v) is 8.67. The topological polar surface area (TPSA) is 30.3 Å². The first-order valence-electron chi connectivity index (χ1n) is 10.9. The van der Waals surface area contributed by atoms with Crippen molar-refractivity contribution < 1.29 is 9.13 Å². The van der Waals surface area contributed by atoms with Crippen molar-refractivity contribution in [2.45, 2.75) is 62.8 Å². The predicted octanol–water partition coefficient (Wildman–Crippen LogP) is 4.64. The zero-order valence-electron chi connectivity index (χ0n) is 16.5. The molecule has 0 spiro atoms. The van der Waals surface area contributed by atoms with Crippen LogP contribution < -0.4 is 0 Å². The first-order valence-corrected chi connectivity index (χ1v) is 10.9. The molecule has 3 heterocycles. The summed E-state index contributed by atoms with van der Waals surface area (Å²) in [4.78, 5) is 2.69. The molecular formula is C23H30FN3O. The molecule has 0 radical (unpaired) electrons. The SMILES string of the molecule is Fc1ccc(-n2cc(C3CCN(C4CCOCC4)CC3)c(C3CCC3)n2)cc1. The normalized spacial score (nSPS) is 23.0. The van der Waals surface area contributed by atoms with Crippen LogP contribution in [-0.2, 0) is 4.74 Å². The average molecular weight is 384 g/mol. The Morgan fingerprint density at radius 2 is 1.61 bits per heavy atom. The Morgan fingerprint density at radius 3 is 2.25 bits per heavy atom. The molecule has 28 heavy (non-hydrogen) atoms. The first-order chi connectivity index (χ1) is 13.8. The van der Waals surface area contributed by atoms with Crippen molar-refractivity contribution in [2.24, 2.45) is 0 Å². The lowest BCUT2D eigenvalue weighted by Crippen LogP contribution is -2.43. The number of hydrogen-bond donors (Lipinski definition) is 0. The van der Waals surface area contributed by atoms with E-state index in [1.807, 2.05) is 16.8 Å². The van der Waals surface area contributed by atoms with Gasteiger partial charge in [0.25, 0.3) is 0 Å². The van der Waals surface area contributed by atoms with E-state index in [4.69, 9.17) is 9.84 Å². The third-order valence-corrected chi connectivity index (χ3v) is 7.03. The average Bonchev–Trinajstić information content (AvgIpc) is 3.13. The first kappa shape index (κ1) is 18.3. The number of aromatic nitrogens is 2. The number of likely N-dealkylation sites (tertiary alicyclic amines) is 1. The molecule has 0 amide bonds. The Labute approximate surface area is 166 Å². The highest BCUT2D eigenvalue weighted by atomic mass is 19.1. The van der Waals surface area contributed by atoms with Gasteiger partial charge in [-0.05, 0) is 87.4 Å². The summed E-state index contributed by atoms with van der Waals surface area (Å²) in [5.41, 5.74) is 3.70. The van der Waals surface area contributed by atoms with Crippen LogP contribution in [0.1, 0.15) is 68.0 Å². The molecule has 2 aliphatic heterocycles. The maximum Gasteiger partial charge on any atom is 0.123 e. The van der Waals surface area contributed by atoms with Crippen molar-refractivity contribution in [3.05, 3.63) is 47.5 Å². The van der Waals surface area contributed by atoms with Gasteiger partial charge in [-0.1, -0.05) is 6.42 Å². The van der Waals surface area contributed by atoms with Crippen LogP contribution in [0.4, 0.5) is 4.39 Å². The Bertz CT molecular complexity index is 785. The van der Waals surface area contributed by atoms with Crippen molar-refractivity contribution in [1.82, 2.24) is 14.7 Å². The molecule has 2 saturated heterocycles. The van der Waals surface area contributed by atoms with Gasteiger partial charge in [-0.3, -0.25) is 0 Å². The molecular weight excluding hydrogens is 353 g/mol. The molecule has 3 aliphatic rings. The van der Waals surface area contributed by atoms with Gasteiger partial charge in [-0.15, -0.1) is 0 Å². The fourth-order valence-electron chi connectivity index (χ4n) is 5.07. The lowest BCUT2D eigenvalue weighted by Gasteiger charge is -2.39. The summed E-state index contributed by atoms with van der Waals surface area (Å²) in [5, 5.41) is 4.98. The second kappa shape index (κ2) is 7.96. The number of hydrogen-bond acceptors (Lipinski definition) is 3. The number of halogens is 1.